The number of aromatic nitrogens is 1. The third kappa shape index (κ3) is 6.12. The highest BCUT2D eigenvalue weighted by atomic mass is 16.3. The van der Waals surface area contributed by atoms with Gasteiger partial charge in [-0.1, -0.05) is 170 Å². The van der Waals surface area contributed by atoms with E-state index in [2.05, 4.69) is 252 Å². The second-order valence-electron chi connectivity index (χ2n) is 16.9. The van der Waals surface area contributed by atoms with E-state index in [0.29, 0.717) is 0 Å². The summed E-state index contributed by atoms with van der Waals surface area (Å²) in [5.74, 6) is 0. The van der Waals surface area contributed by atoms with Crippen molar-refractivity contribution in [3.8, 4) is 39.1 Å². The van der Waals surface area contributed by atoms with Crippen molar-refractivity contribution in [3.05, 3.63) is 243 Å². The number of para-hydroxylation sites is 3. The number of hydrogen-bond acceptors (Lipinski definition) is 2. The van der Waals surface area contributed by atoms with Gasteiger partial charge in [-0.25, -0.2) is 0 Å². The molecule has 11 aromatic carbocycles. The van der Waals surface area contributed by atoms with Crippen LogP contribution in [0, 0.1) is 0 Å². The van der Waals surface area contributed by atoms with Crippen LogP contribution in [-0.4, -0.2) is 4.57 Å². The van der Waals surface area contributed by atoms with Gasteiger partial charge in [0.15, 0.2) is 0 Å². The smallest absolute Gasteiger partial charge is 0.143 e. The van der Waals surface area contributed by atoms with E-state index in [4.69, 9.17) is 4.42 Å². The summed E-state index contributed by atoms with van der Waals surface area (Å²) in [6, 6.07) is 87.8. The zero-order valence-corrected chi connectivity index (χ0v) is 35.4. The van der Waals surface area contributed by atoms with Crippen LogP contribution in [-0.2, 0) is 0 Å². The fourth-order valence-corrected chi connectivity index (χ4v) is 10.1. The Kier molecular flexibility index (Phi) is 8.53. The average molecular weight is 829 g/mol. The van der Waals surface area contributed by atoms with Crippen LogP contribution in [0.4, 0.5) is 17.1 Å². The van der Waals surface area contributed by atoms with Crippen LogP contribution in [0.3, 0.4) is 0 Å². The van der Waals surface area contributed by atoms with Crippen molar-refractivity contribution in [2.45, 2.75) is 0 Å². The molecule has 0 saturated carbocycles. The molecule has 3 heteroatoms. The second-order valence-corrected chi connectivity index (χ2v) is 16.9. The van der Waals surface area contributed by atoms with Gasteiger partial charge in [0.25, 0.3) is 0 Å². The molecular weight excluding hydrogens is 789 g/mol. The summed E-state index contributed by atoms with van der Waals surface area (Å²) >= 11 is 0. The first kappa shape index (κ1) is 36.9. The molecule has 304 valence electrons. The molecule has 0 aliphatic heterocycles. The van der Waals surface area contributed by atoms with Crippen LogP contribution in [0.2, 0.25) is 0 Å². The molecule has 0 radical (unpaired) electrons. The molecule has 0 aliphatic carbocycles. The highest BCUT2D eigenvalue weighted by Gasteiger charge is 2.20. The number of furan rings is 1. The van der Waals surface area contributed by atoms with E-state index < -0.39 is 0 Å². The molecule has 0 bridgehead atoms. The third-order valence-electron chi connectivity index (χ3n) is 13.2. The van der Waals surface area contributed by atoms with Crippen molar-refractivity contribution in [2.75, 3.05) is 4.90 Å². The Morgan fingerprint density at radius 1 is 0.323 bits per heavy atom. The third-order valence-corrected chi connectivity index (χ3v) is 13.2. The fraction of sp³-hybridized carbons (Fsp3) is 0. The first-order valence-corrected chi connectivity index (χ1v) is 22.2. The van der Waals surface area contributed by atoms with Crippen molar-refractivity contribution in [1.29, 1.82) is 0 Å². The van der Waals surface area contributed by atoms with Crippen molar-refractivity contribution < 1.29 is 4.42 Å². The first-order valence-electron chi connectivity index (χ1n) is 22.2. The summed E-state index contributed by atoms with van der Waals surface area (Å²) in [5.41, 5.74) is 15.5. The standard InChI is InChI=1S/C62H40N2O/c1-3-21-50-42(14-1)16-13-26-51(50)45-18-12-19-48(39-45)63(58-27-8-5-22-52(58)46-33-37-61-57(40-46)56-36-32-43-15-2-4-23-53(43)62(56)65-61)47-34-30-41(31-35-47)44-17-11-20-49(38-44)64-59-28-9-6-24-54(59)55-25-7-10-29-60(55)64/h1-40H. The Bertz CT molecular complexity index is 3910. The van der Waals surface area contributed by atoms with E-state index in [9.17, 15) is 0 Å². The van der Waals surface area contributed by atoms with Gasteiger partial charge in [-0.15, -0.1) is 0 Å². The number of anilines is 3. The number of nitrogens with zero attached hydrogens (tertiary/aromatic N) is 2. The predicted molar refractivity (Wildman–Crippen MR) is 274 cm³/mol. The minimum Gasteiger partial charge on any atom is -0.455 e. The Morgan fingerprint density at radius 3 is 1.74 bits per heavy atom. The molecule has 0 atom stereocenters. The van der Waals surface area contributed by atoms with Gasteiger partial charge >= 0.3 is 0 Å². The topological polar surface area (TPSA) is 21.3 Å². The van der Waals surface area contributed by atoms with Gasteiger partial charge in [-0.3, -0.25) is 0 Å². The summed E-state index contributed by atoms with van der Waals surface area (Å²) in [6.45, 7) is 0. The molecule has 13 aromatic rings. The summed E-state index contributed by atoms with van der Waals surface area (Å²) in [7, 11) is 0. The molecule has 65 heavy (non-hydrogen) atoms. The van der Waals surface area contributed by atoms with Gasteiger partial charge < -0.3 is 13.9 Å². The van der Waals surface area contributed by atoms with E-state index >= 15 is 0 Å². The van der Waals surface area contributed by atoms with Crippen molar-refractivity contribution >= 4 is 82.4 Å². The van der Waals surface area contributed by atoms with E-state index in [1.807, 2.05) is 0 Å². The molecular formula is C62H40N2O. The zero-order valence-electron chi connectivity index (χ0n) is 35.4. The molecule has 2 heterocycles. The number of rotatable bonds is 7. The molecule has 2 aromatic heterocycles. The maximum Gasteiger partial charge on any atom is 0.143 e. The van der Waals surface area contributed by atoms with Gasteiger partial charge in [0.1, 0.15) is 11.2 Å². The maximum atomic E-state index is 6.56. The predicted octanol–water partition coefficient (Wildman–Crippen LogP) is 17.5. The lowest BCUT2D eigenvalue weighted by Crippen LogP contribution is -2.11. The quantitative estimate of drug-likeness (QED) is 0.160. The summed E-state index contributed by atoms with van der Waals surface area (Å²) in [5, 5.41) is 9.51. The molecule has 0 amide bonds. The Morgan fingerprint density at radius 2 is 0.923 bits per heavy atom. The second kappa shape index (κ2) is 15.0. The lowest BCUT2D eigenvalue weighted by Gasteiger charge is -2.28. The lowest BCUT2D eigenvalue weighted by molar-refractivity contribution is 0.672. The molecule has 3 nitrogen and oxygen atoms in total. The van der Waals surface area contributed by atoms with Gasteiger partial charge in [-0.05, 0) is 117 Å². The van der Waals surface area contributed by atoms with Gasteiger partial charge in [0.05, 0.1) is 16.7 Å². The van der Waals surface area contributed by atoms with E-state index in [0.717, 1.165) is 72.3 Å². The summed E-state index contributed by atoms with van der Waals surface area (Å²) in [6.07, 6.45) is 0. The Balaban J connectivity index is 0.954. The molecule has 0 unspecified atom stereocenters. The summed E-state index contributed by atoms with van der Waals surface area (Å²) < 4.78 is 8.95. The van der Waals surface area contributed by atoms with Crippen LogP contribution < -0.4 is 4.90 Å². The van der Waals surface area contributed by atoms with E-state index in [1.54, 1.807) is 0 Å². The van der Waals surface area contributed by atoms with Crippen molar-refractivity contribution in [1.82, 2.24) is 4.57 Å². The summed E-state index contributed by atoms with van der Waals surface area (Å²) in [4.78, 5) is 2.41. The monoisotopic (exact) mass is 828 g/mol. The minimum atomic E-state index is 0.884. The average Bonchev–Trinajstić information content (AvgIpc) is 3.93. The SMILES string of the molecule is c1cc(-c2cccc3ccccc23)cc(N(c2ccc(-c3cccc(-n4c5ccccc5c5ccccc54)c3)cc2)c2ccccc2-c2ccc3oc4c5ccccc5ccc4c3c2)c1. The van der Waals surface area contributed by atoms with E-state index in [1.165, 1.54) is 49.1 Å². The lowest BCUT2D eigenvalue weighted by atomic mass is 9.96. The van der Waals surface area contributed by atoms with Crippen LogP contribution in [0.1, 0.15) is 0 Å². The van der Waals surface area contributed by atoms with E-state index in [-0.39, 0.29) is 0 Å². The Hall–Kier alpha value is -8.66. The van der Waals surface area contributed by atoms with Crippen LogP contribution >= 0.6 is 0 Å². The molecule has 0 aliphatic rings. The number of benzene rings is 11. The fourth-order valence-electron chi connectivity index (χ4n) is 10.1. The van der Waals surface area contributed by atoms with Gasteiger partial charge in [0, 0.05) is 49.6 Å². The Labute approximate surface area is 376 Å². The van der Waals surface area contributed by atoms with Crippen LogP contribution in [0.15, 0.2) is 247 Å². The largest absolute Gasteiger partial charge is 0.455 e. The van der Waals surface area contributed by atoms with Gasteiger partial charge in [-0.2, -0.15) is 0 Å². The molecule has 0 saturated heterocycles. The number of hydrogen-bond donors (Lipinski definition) is 0. The molecule has 0 fully saturated rings. The van der Waals surface area contributed by atoms with Crippen molar-refractivity contribution in [3.63, 3.8) is 0 Å². The highest BCUT2D eigenvalue weighted by Crippen LogP contribution is 2.45. The maximum absolute atomic E-state index is 6.56. The molecule has 0 N–H and O–H groups in total. The first-order chi connectivity index (χ1) is 32.2. The zero-order chi connectivity index (χ0) is 42.8. The van der Waals surface area contributed by atoms with Crippen LogP contribution in [0.5, 0.6) is 0 Å². The van der Waals surface area contributed by atoms with Gasteiger partial charge in [0.2, 0.25) is 0 Å². The molecule has 13 rings (SSSR count). The van der Waals surface area contributed by atoms with Crippen molar-refractivity contribution in [2.24, 2.45) is 0 Å². The van der Waals surface area contributed by atoms with Crippen LogP contribution in [0.25, 0.3) is 104 Å². The molecule has 0 spiro atoms. The number of fused-ring (bicyclic) bond motifs is 9. The normalized spacial score (nSPS) is 11.7. The highest BCUT2D eigenvalue weighted by molar-refractivity contribution is 6.16. The minimum absolute atomic E-state index is 0.884.